The summed E-state index contributed by atoms with van der Waals surface area (Å²) in [5.41, 5.74) is 15.3. The molecule has 0 N–H and O–H groups in total. The molecule has 10 aromatic carbocycles. The van der Waals surface area contributed by atoms with Crippen molar-refractivity contribution in [2.75, 3.05) is 11.9 Å². The zero-order chi connectivity index (χ0) is 53.3. The molecule has 376 valence electrons. The van der Waals surface area contributed by atoms with E-state index in [1.54, 1.807) is 0 Å². The highest BCUT2D eigenvalue weighted by Gasteiger charge is 2.23. The number of rotatable bonds is 8. The summed E-state index contributed by atoms with van der Waals surface area (Å²) >= 11 is 1.92. The normalized spacial score (nSPS) is 11.2. The van der Waals surface area contributed by atoms with Gasteiger partial charge in [-0.05, 0) is 122 Å². The predicted octanol–water partition coefficient (Wildman–Crippen LogP) is 21.0. The zero-order valence-corrected chi connectivity index (χ0v) is 45.4. The van der Waals surface area contributed by atoms with Crippen molar-refractivity contribution in [3.63, 3.8) is 0 Å². The van der Waals surface area contributed by atoms with Crippen LogP contribution in [0, 0.1) is 13.8 Å². The molecule has 0 aliphatic carbocycles. The third-order valence-electron chi connectivity index (χ3n) is 14.0. The molecule has 0 saturated heterocycles. The molecule has 0 amide bonds. The Labute approximate surface area is 457 Å². The molecule has 13 rings (SSSR count). The number of thiophene rings is 1. The lowest BCUT2D eigenvalue weighted by atomic mass is 10.0. The number of anilines is 2. The van der Waals surface area contributed by atoms with Gasteiger partial charge in [0, 0.05) is 71.7 Å². The number of fused-ring (bicyclic) bond motifs is 10. The number of hydrogen-bond donors (Lipinski definition) is 0. The molecule has 0 aliphatic rings. The first kappa shape index (κ1) is 51.3. The maximum absolute atomic E-state index is 4.14. The van der Waals surface area contributed by atoms with Crippen molar-refractivity contribution in [1.82, 2.24) is 9.13 Å². The second-order valence-electron chi connectivity index (χ2n) is 19.1. The largest absolute Gasteiger partial charge is 0.345 e. The van der Waals surface area contributed by atoms with Crippen LogP contribution in [0.3, 0.4) is 0 Å². The van der Waals surface area contributed by atoms with Gasteiger partial charge in [0.2, 0.25) is 0 Å². The summed E-state index contributed by atoms with van der Waals surface area (Å²) in [6.45, 7) is 16.6. The molecule has 3 aromatic heterocycles. The minimum absolute atomic E-state index is 1.06. The van der Waals surface area contributed by atoms with Crippen LogP contribution in [0.25, 0.3) is 99.3 Å². The van der Waals surface area contributed by atoms with E-state index >= 15 is 0 Å². The summed E-state index contributed by atoms with van der Waals surface area (Å²) in [4.78, 5) is 2.27. The molecule has 3 heterocycles. The SMILES string of the molecule is C=Cc1ccc(-n2c3ccc(N(C)c4ccccc4)cc3c3c4sc5c(ccc6c5c(/C=C/C)c(/C=C\C)n6-c5ccc6ccccc6c5)c4ccc32)cc1C=C.Cc1ccccc1.Cc1ccccc1.c1ccccc1. The fraction of sp³-hybridized carbons (Fsp3) is 0.0685. The molecule has 4 heteroatoms. The minimum Gasteiger partial charge on any atom is -0.345 e. The number of benzene rings is 10. The average molecular weight is 1010 g/mol. The third kappa shape index (κ3) is 10.6. The van der Waals surface area contributed by atoms with Gasteiger partial charge in [0.05, 0.1) is 22.2 Å². The lowest BCUT2D eigenvalue weighted by Crippen LogP contribution is -2.08. The number of aryl methyl sites for hydroxylation is 2. The third-order valence-corrected chi connectivity index (χ3v) is 15.3. The van der Waals surface area contributed by atoms with Crippen LogP contribution in [0.15, 0.2) is 256 Å². The van der Waals surface area contributed by atoms with Gasteiger partial charge in [-0.15, -0.1) is 11.3 Å². The van der Waals surface area contributed by atoms with Crippen molar-refractivity contribution in [3.8, 4) is 11.4 Å². The first-order valence-electron chi connectivity index (χ1n) is 26.3. The Kier molecular flexibility index (Phi) is 15.7. The predicted molar refractivity (Wildman–Crippen MR) is 341 cm³/mol. The Morgan fingerprint density at radius 1 is 0.416 bits per heavy atom. The molecule has 3 nitrogen and oxygen atoms in total. The van der Waals surface area contributed by atoms with Crippen molar-refractivity contribution in [3.05, 3.63) is 289 Å². The van der Waals surface area contributed by atoms with Crippen LogP contribution in [0.2, 0.25) is 0 Å². The van der Waals surface area contributed by atoms with E-state index < -0.39 is 0 Å². The van der Waals surface area contributed by atoms with Crippen molar-refractivity contribution < 1.29 is 0 Å². The van der Waals surface area contributed by atoms with Gasteiger partial charge in [0.15, 0.2) is 0 Å². The fourth-order valence-corrected chi connectivity index (χ4v) is 11.7. The van der Waals surface area contributed by atoms with E-state index in [1.807, 2.05) is 96.3 Å². The molecule has 0 saturated carbocycles. The number of para-hydroxylation sites is 1. The van der Waals surface area contributed by atoms with E-state index in [1.165, 1.54) is 86.0 Å². The molecule has 0 radical (unpaired) electrons. The second kappa shape index (κ2) is 23.5. The van der Waals surface area contributed by atoms with Crippen molar-refractivity contribution in [2.45, 2.75) is 27.7 Å². The van der Waals surface area contributed by atoms with Crippen molar-refractivity contribution >= 4 is 111 Å². The Morgan fingerprint density at radius 3 is 1.49 bits per heavy atom. The number of aromatic nitrogens is 2. The zero-order valence-electron chi connectivity index (χ0n) is 44.6. The van der Waals surface area contributed by atoms with Crippen LogP contribution in [-0.4, -0.2) is 16.2 Å². The lowest BCUT2D eigenvalue weighted by molar-refractivity contribution is 1.11. The highest BCUT2D eigenvalue weighted by molar-refractivity contribution is 7.27. The molecule has 0 atom stereocenters. The Balaban J connectivity index is 0.000000280. The van der Waals surface area contributed by atoms with Crippen LogP contribution in [-0.2, 0) is 0 Å². The molecular formula is C73H63N3S. The quantitative estimate of drug-likeness (QED) is 0.148. The molecule has 13 aromatic rings. The van der Waals surface area contributed by atoms with Crippen LogP contribution < -0.4 is 4.90 Å². The van der Waals surface area contributed by atoms with E-state index in [2.05, 4.69) is 244 Å². The average Bonchev–Trinajstić information content (AvgIpc) is 4.33. The van der Waals surface area contributed by atoms with Gasteiger partial charge in [-0.1, -0.05) is 218 Å². The highest BCUT2D eigenvalue weighted by Crippen LogP contribution is 2.48. The molecule has 77 heavy (non-hydrogen) atoms. The summed E-state index contributed by atoms with van der Waals surface area (Å²) in [6.07, 6.45) is 12.7. The van der Waals surface area contributed by atoms with Crippen molar-refractivity contribution in [1.29, 1.82) is 0 Å². The smallest absolute Gasteiger partial charge is 0.0555 e. The second-order valence-corrected chi connectivity index (χ2v) is 20.1. The maximum atomic E-state index is 4.14. The minimum atomic E-state index is 1.06. The van der Waals surface area contributed by atoms with E-state index in [9.17, 15) is 0 Å². The first-order valence-corrected chi connectivity index (χ1v) is 27.1. The van der Waals surface area contributed by atoms with Gasteiger partial charge in [0.1, 0.15) is 0 Å². The van der Waals surface area contributed by atoms with Crippen molar-refractivity contribution in [2.24, 2.45) is 0 Å². The number of allylic oxidation sites excluding steroid dienone is 2. The van der Waals surface area contributed by atoms with E-state index in [4.69, 9.17) is 0 Å². The summed E-state index contributed by atoms with van der Waals surface area (Å²) < 4.78 is 7.46. The Bertz CT molecular complexity index is 4170. The summed E-state index contributed by atoms with van der Waals surface area (Å²) in [5.74, 6) is 0. The van der Waals surface area contributed by atoms with Gasteiger partial charge in [0.25, 0.3) is 0 Å². The highest BCUT2D eigenvalue weighted by atomic mass is 32.1. The van der Waals surface area contributed by atoms with Gasteiger partial charge < -0.3 is 14.0 Å². The van der Waals surface area contributed by atoms with Crippen LogP contribution >= 0.6 is 11.3 Å². The molecule has 0 bridgehead atoms. The molecule has 0 unspecified atom stereocenters. The maximum Gasteiger partial charge on any atom is 0.0555 e. The topological polar surface area (TPSA) is 13.1 Å². The number of nitrogens with zero attached hydrogens (tertiary/aromatic N) is 3. The van der Waals surface area contributed by atoms with E-state index in [0.717, 1.165) is 33.9 Å². The van der Waals surface area contributed by atoms with Crippen LogP contribution in [0.4, 0.5) is 11.4 Å². The molecular weight excluding hydrogens is 951 g/mol. The lowest BCUT2D eigenvalue weighted by Gasteiger charge is -2.19. The monoisotopic (exact) mass is 1010 g/mol. The van der Waals surface area contributed by atoms with E-state index in [-0.39, 0.29) is 0 Å². The van der Waals surface area contributed by atoms with E-state index in [0.29, 0.717) is 0 Å². The van der Waals surface area contributed by atoms with Gasteiger partial charge in [-0.3, -0.25) is 0 Å². The Morgan fingerprint density at radius 2 is 0.922 bits per heavy atom. The standard InChI is InChI=1S/C53H41N3S.2C7H8.C6H6/c1-6-15-44-46(16-7-2)55(41-24-22-36-17-13-14-18-37(36)32-41)48-29-26-42-43-27-30-49-51(53(43)57-52(42)50(44)48)45-33-39(54(5)38-19-11-10-12-20-38)25-28-47(45)56(49)40-23-21-34(8-3)35(9-4)31-40;2*1-7-5-3-2-4-6-7;1-2-4-6-5-3-1/h6-33H,3-4H2,1-2,5H3;2*2-6H,1H3;1-6H/b15-6+,16-7-;;;. The van der Waals surface area contributed by atoms with Gasteiger partial charge in [-0.2, -0.15) is 0 Å². The fourth-order valence-electron chi connectivity index (χ4n) is 10.3. The molecule has 0 aliphatic heterocycles. The molecule has 0 spiro atoms. The summed E-state index contributed by atoms with van der Waals surface area (Å²) in [6, 6.07) is 81.3. The molecule has 0 fully saturated rings. The van der Waals surface area contributed by atoms with Gasteiger partial charge >= 0.3 is 0 Å². The number of hydrogen-bond acceptors (Lipinski definition) is 2. The van der Waals surface area contributed by atoms with Gasteiger partial charge in [-0.25, -0.2) is 0 Å². The first-order chi connectivity index (χ1) is 37.8. The Hall–Kier alpha value is -9.22. The summed E-state index contributed by atoms with van der Waals surface area (Å²) in [5, 5.41) is 8.80. The van der Waals surface area contributed by atoms with Crippen LogP contribution in [0.1, 0.15) is 47.4 Å². The van der Waals surface area contributed by atoms with Crippen LogP contribution in [0.5, 0.6) is 0 Å². The summed E-state index contributed by atoms with van der Waals surface area (Å²) in [7, 11) is 2.15.